The molecule has 78 valence electrons. The number of rotatable bonds is 4. The van der Waals surface area contributed by atoms with E-state index in [0.717, 1.165) is 0 Å². The van der Waals surface area contributed by atoms with E-state index in [2.05, 4.69) is 61.0 Å². The maximum Gasteiger partial charge on any atom is 0.0178 e. The summed E-state index contributed by atoms with van der Waals surface area (Å²) in [4.78, 5) is 0. The highest BCUT2D eigenvalue weighted by molar-refractivity contribution is 9.10. The molecular weight excluding hydrogens is 236 g/mol. The Labute approximate surface area is 95.9 Å². The molecule has 1 aromatic rings. The van der Waals surface area contributed by atoms with Crippen molar-refractivity contribution < 1.29 is 0 Å². The van der Waals surface area contributed by atoms with E-state index in [1.165, 1.54) is 29.3 Å². The van der Waals surface area contributed by atoms with Gasteiger partial charge in [-0.15, -0.1) is 0 Å². The molecule has 0 nitrogen and oxygen atoms in total. The zero-order chi connectivity index (χ0) is 10.6. The molecule has 0 N–H and O–H groups in total. The van der Waals surface area contributed by atoms with Crippen LogP contribution >= 0.6 is 15.9 Å². The summed E-state index contributed by atoms with van der Waals surface area (Å²) in [7, 11) is 0. The molecule has 0 saturated carbocycles. The standard InChI is InChI=1S/C13H19Br/c1-4-9-13(3,5-2)11-7-6-8-12(14)10-11/h6-8,10H,4-5,9H2,1-3H3. The van der Waals surface area contributed by atoms with Crippen molar-refractivity contribution in [2.45, 2.75) is 45.4 Å². The lowest BCUT2D eigenvalue weighted by atomic mass is 9.77. The Hall–Kier alpha value is -0.300. The fraction of sp³-hybridized carbons (Fsp3) is 0.538. The number of halogens is 1. The van der Waals surface area contributed by atoms with E-state index in [9.17, 15) is 0 Å². The largest absolute Gasteiger partial charge is 0.0654 e. The van der Waals surface area contributed by atoms with Crippen LogP contribution in [0.2, 0.25) is 0 Å². The molecule has 0 fully saturated rings. The van der Waals surface area contributed by atoms with Gasteiger partial charge in [0.25, 0.3) is 0 Å². The van der Waals surface area contributed by atoms with Crippen LogP contribution in [0.3, 0.4) is 0 Å². The third kappa shape index (κ3) is 2.60. The van der Waals surface area contributed by atoms with Gasteiger partial charge in [0.05, 0.1) is 0 Å². The summed E-state index contributed by atoms with van der Waals surface area (Å²) < 4.78 is 1.19. The van der Waals surface area contributed by atoms with E-state index in [4.69, 9.17) is 0 Å². The number of benzene rings is 1. The maximum atomic E-state index is 3.53. The van der Waals surface area contributed by atoms with Gasteiger partial charge in [-0.25, -0.2) is 0 Å². The Kier molecular flexibility index (Phi) is 4.18. The maximum absolute atomic E-state index is 3.53. The highest BCUT2D eigenvalue weighted by Gasteiger charge is 2.23. The predicted molar refractivity (Wildman–Crippen MR) is 66.7 cm³/mol. The third-order valence-electron chi connectivity index (χ3n) is 3.10. The molecule has 1 atom stereocenters. The fourth-order valence-corrected chi connectivity index (χ4v) is 2.34. The lowest BCUT2D eigenvalue weighted by Gasteiger charge is -2.28. The molecule has 0 spiro atoms. The molecule has 0 radical (unpaired) electrons. The van der Waals surface area contributed by atoms with Gasteiger partial charge < -0.3 is 0 Å². The van der Waals surface area contributed by atoms with Crippen LogP contribution in [0.5, 0.6) is 0 Å². The van der Waals surface area contributed by atoms with E-state index in [1.54, 1.807) is 0 Å². The highest BCUT2D eigenvalue weighted by Crippen LogP contribution is 2.33. The first-order chi connectivity index (χ1) is 6.62. The van der Waals surface area contributed by atoms with Gasteiger partial charge in [0.2, 0.25) is 0 Å². The third-order valence-corrected chi connectivity index (χ3v) is 3.60. The monoisotopic (exact) mass is 254 g/mol. The van der Waals surface area contributed by atoms with Crippen molar-refractivity contribution in [3.63, 3.8) is 0 Å². The summed E-state index contributed by atoms with van der Waals surface area (Å²) in [6.45, 7) is 6.89. The molecule has 1 aromatic carbocycles. The van der Waals surface area contributed by atoms with E-state index in [1.807, 2.05) is 0 Å². The zero-order valence-corrected chi connectivity index (χ0v) is 10.9. The average Bonchev–Trinajstić information content (AvgIpc) is 2.18. The quantitative estimate of drug-likeness (QED) is 0.716. The Morgan fingerprint density at radius 1 is 1.29 bits per heavy atom. The molecule has 0 bridgehead atoms. The molecule has 0 heterocycles. The minimum atomic E-state index is 0.346. The molecule has 1 unspecified atom stereocenters. The summed E-state index contributed by atoms with van der Waals surface area (Å²) >= 11 is 3.53. The van der Waals surface area contributed by atoms with Crippen LogP contribution in [0.1, 0.15) is 45.6 Å². The minimum absolute atomic E-state index is 0.346. The second-order valence-corrected chi connectivity index (χ2v) is 5.09. The van der Waals surface area contributed by atoms with Crippen LogP contribution in [0, 0.1) is 0 Å². The van der Waals surface area contributed by atoms with Crippen molar-refractivity contribution in [3.05, 3.63) is 34.3 Å². The molecule has 1 heteroatoms. The van der Waals surface area contributed by atoms with Gasteiger partial charge in [0, 0.05) is 4.47 Å². The van der Waals surface area contributed by atoms with Crippen molar-refractivity contribution in [2.75, 3.05) is 0 Å². The van der Waals surface area contributed by atoms with Crippen molar-refractivity contribution in [3.8, 4) is 0 Å². The smallest absolute Gasteiger partial charge is 0.0178 e. The first-order valence-electron chi connectivity index (χ1n) is 5.38. The molecule has 0 aromatic heterocycles. The Morgan fingerprint density at radius 2 is 2.00 bits per heavy atom. The van der Waals surface area contributed by atoms with Gasteiger partial charge in [-0.05, 0) is 36.0 Å². The highest BCUT2D eigenvalue weighted by atomic mass is 79.9. The molecule has 14 heavy (non-hydrogen) atoms. The normalized spacial score (nSPS) is 15.1. The zero-order valence-electron chi connectivity index (χ0n) is 9.31. The van der Waals surface area contributed by atoms with Gasteiger partial charge in [-0.1, -0.05) is 55.3 Å². The molecular formula is C13H19Br. The summed E-state index contributed by atoms with van der Waals surface area (Å²) in [5, 5.41) is 0. The minimum Gasteiger partial charge on any atom is -0.0654 e. The SMILES string of the molecule is CCCC(C)(CC)c1cccc(Br)c1. The van der Waals surface area contributed by atoms with Crippen LogP contribution in [0.4, 0.5) is 0 Å². The predicted octanol–water partition coefficient (Wildman–Crippen LogP) is 4.92. The Morgan fingerprint density at radius 3 is 2.50 bits per heavy atom. The van der Waals surface area contributed by atoms with Crippen molar-refractivity contribution in [1.82, 2.24) is 0 Å². The average molecular weight is 255 g/mol. The second-order valence-electron chi connectivity index (χ2n) is 4.17. The summed E-state index contributed by atoms with van der Waals surface area (Å²) in [6.07, 6.45) is 3.72. The van der Waals surface area contributed by atoms with Crippen molar-refractivity contribution >= 4 is 15.9 Å². The van der Waals surface area contributed by atoms with Gasteiger partial charge >= 0.3 is 0 Å². The van der Waals surface area contributed by atoms with Crippen molar-refractivity contribution in [2.24, 2.45) is 0 Å². The van der Waals surface area contributed by atoms with E-state index < -0.39 is 0 Å². The fourth-order valence-electron chi connectivity index (χ4n) is 1.94. The van der Waals surface area contributed by atoms with Gasteiger partial charge in [0.15, 0.2) is 0 Å². The second kappa shape index (κ2) is 4.97. The number of hydrogen-bond acceptors (Lipinski definition) is 0. The van der Waals surface area contributed by atoms with E-state index in [0.29, 0.717) is 5.41 Å². The first-order valence-corrected chi connectivity index (χ1v) is 6.17. The van der Waals surface area contributed by atoms with E-state index in [-0.39, 0.29) is 0 Å². The topological polar surface area (TPSA) is 0 Å². The Bertz CT molecular complexity index is 293. The van der Waals surface area contributed by atoms with E-state index >= 15 is 0 Å². The van der Waals surface area contributed by atoms with Gasteiger partial charge in [0.1, 0.15) is 0 Å². The van der Waals surface area contributed by atoms with Gasteiger partial charge in [-0.2, -0.15) is 0 Å². The summed E-state index contributed by atoms with van der Waals surface area (Å²) in [6, 6.07) is 8.71. The van der Waals surface area contributed by atoms with Gasteiger partial charge in [-0.3, -0.25) is 0 Å². The Balaban J connectivity index is 2.99. The molecule has 0 aliphatic rings. The van der Waals surface area contributed by atoms with Crippen LogP contribution in [0.25, 0.3) is 0 Å². The molecule has 0 amide bonds. The molecule has 1 rings (SSSR count). The number of hydrogen-bond donors (Lipinski definition) is 0. The molecule has 0 aliphatic carbocycles. The van der Waals surface area contributed by atoms with Crippen LogP contribution in [-0.2, 0) is 5.41 Å². The summed E-state index contributed by atoms with van der Waals surface area (Å²) in [5.41, 5.74) is 1.80. The summed E-state index contributed by atoms with van der Waals surface area (Å²) in [5.74, 6) is 0. The first kappa shape index (κ1) is 11.8. The van der Waals surface area contributed by atoms with Crippen LogP contribution in [-0.4, -0.2) is 0 Å². The lowest BCUT2D eigenvalue weighted by molar-refractivity contribution is 0.413. The van der Waals surface area contributed by atoms with Crippen molar-refractivity contribution in [1.29, 1.82) is 0 Å². The molecule has 0 saturated heterocycles. The lowest BCUT2D eigenvalue weighted by Crippen LogP contribution is -2.20. The van der Waals surface area contributed by atoms with Crippen LogP contribution < -0.4 is 0 Å². The molecule has 0 aliphatic heterocycles. The van der Waals surface area contributed by atoms with Crippen LogP contribution in [0.15, 0.2) is 28.7 Å².